The lowest BCUT2D eigenvalue weighted by atomic mass is 10.1. The van der Waals surface area contributed by atoms with Gasteiger partial charge >= 0.3 is 0 Å². The molecule has 5 nitrogen and oxygen atoms in total. The van der Waals surface area contributed by atoms with E-state index < -0.39 is 0 Å². The summed E-state index contributed by atoms with van der Waals surface area (Å²) >= 11 is 1.69. The van der Waals surface area contributed by atoms with Crippen LogP contribution in [0.1, 0.15) is 30.8 Å². The number of hydrogen-bond donors (Lipinski definition) is 0. The van der Waals surface area contributed by atoms with Crippen molar-refractivity contribution in [3.63, 3.8) is 0 Å². The SMILES string of the molecule is CCn1nc(C)c(CN2CC(=O)N(c3ccccc3SC)C(C)C2)c1C. The van der Waals surface area contributed by atoms with Crippen LogP contribution in [0.25, 0.3) is 0 Å². The molecule has 0 radical (unpaired) electrons. The Bertz CT molecular complexity index is 801. The summed E-state index contributed by atoms with van der Waals surface area (Å²) in [6.07, 6.45) is 2.06. The maximum Gasteiger partial charge on any atom is 0.241 e. The van der Waals surface area contributed by atoms with Gasteiger partial charge in [-0.3, -0.25) is 14.4 Å². The summed E-state index contributed by atoms with van der Waals surface area (Å²) in [6, 6.07) is 8.31. The van der Waals surface area contributed by atoms with Crippen LogP contribution in [0.5, 0.6) is 0 Å². The fourth-order valence-corrected chi connectivity index (χ4v) is 4.44. The van der Waals surface area contributed by atoms with Crippen LogP contribution in [0.15, 0.2) is 29.2 Å². The number of anilines is 1. The minimum absolute atomic E-state index is 0.145. The first-order valence-corrected chi connectivity index (χ1v) is 10.4. The summed E-state index contributed by atoms with van der Waals surface area (Å²) in [5.41, 5.74) is 4.56. The Morgan fingerprint density at radius 2 is 2.00 bits per heavy atom. The summed E-state index contributed by atoms with van der Waals surface area (Å²) in [4.78, 5) is 18.3. The van der Waals surface area contributed by atoms with Gasteiger partial charge in [-0.15, -0.1) is 11.8 Å². The smallest absolute Gasteiger partial charge is 0.241 e. The third kappa shape index (κ3) is 3.53. The topological polar surface area (TPSA) is 41.4 Å². The molecule has 2 aromatic rings. The molecular formula is C20H28N4OS. The van der Waals surface area contributed by atoms with Crippen molar-refractivity contribution in [1.29, 1.82) is 0 Å². The molecule has 1 amide bonds. The van der Waals surface area contributed by atoms with Crippen molar-refractivity contribution in [3.05, 3.63) is 41.2 Å². The van der Waals surface area contributed by atoms with E-state index in [1.807, 2.05) is 21.7 Å². The van der Waals surface area contributed by atoms with Gasteiger partial charge in [0.2, 0.25) is 5.91 Å². The number of thioether (sulfide) groups is 1. The van der Waals surface area contributed by atoms with Gasteiger partial charge in [-0.05, 0) is 46.1 Å². The minimum atomic E-state index is 0.145. The predicted molar refractivity (Wildman–Crippen MR) is 108 cm³/mol. The van der Waals surface area contributed by atoms with Crippen LogP contribution in [0, 0.1) is 13.8 Å². The highest BCUT2D eigenvalue weighted by Crippen LogP contribution is 2.31. The zero-order valence-corrected chi connectivity index (χ0v) is 17.1. The second kappa shape index (κ2) is 7.84. The summed E-state index contributed by atoms with van der Waals surface area (Å²) in [5, 5.41) is 4.61. The molecule has 0 spiro atoms. The molecule has 0 bridgehead atoms. The number of benzene rings is 1. The zero-order chi connectivity index (χ0) is 18.8. The highest BCUT2D eigenvalue weighted by Gasteiger charge is 2.32. The lowest BCUT2D eigenvalue weighted by Gasteiger charge is -2.40. The van der Waals surface area contributed by atoms with Crippen molar-refractivity contribution in [2.75, 3.05) is 24.2 Å². The van der Waals surface area contributed by atoms with E-state index in [0.717, 1.165) is 35.9 Å². The Kier molecular flexibility index (Phi) is 5.73. The van der Waals surface area contributed by atoms with Crippen molar-refractivity contribution in [2.45, 2.75) is 51.7 Å². The van der Waals surface area contributed by atoms with Crippen LogP contribution in [-0.2, 0) is 17.9 Å². The first kappa shape index (κ1) is 19.0. The van der Waals surface area contributed by atoms with E-state index >= 15 is 0 Å². The van der Waals surface area contributed by atoms with Gasteiger partial charge in [-0.25, -0.2) is 0 Å². The lowest BCUT2D eigenvalue weighted by Crippen LogP contribution is -2.55. The van der Waals surface area contributed by atoms with Crippen molar-refractivity contribution >= 4 is 23.4 Å². The second-order valence-corrected chi connectivity index (χ2v) is 7.77. The van der Waals surface area contributed by atoms with E-state index in [0.29, 0.717) is 6.54 Å². The molecule has 1 aliphatic rings. The molecule has 1 fully saturated rings. The van der Waals surface area contributed by atoms with E-state index in [-0.39, 0.29) is 11.9 Å². The molecule has 6 heteroatoms. The maximum absolute atomic E-state index is 13.0. The van der Waals surface area contributed by atoms with Crippen LogP contribution < -0.4 is 4.90 Å². The Balaban J connectivity index is 1.79. The number of piperazine rings is 1. The van der Waals surface area contributed by atoms with Crippen LogP contribution in [0.3, 0.4) is 0 Å². The number of rotatable bonds is 5. The normalized spacial score (nSPS) is 18.6. The molecule has 1 atom stereocenters. The quantitative estimate of drug-likeness (QED) is 0.754. The molecule has 26 heavy (non-hydrogen) atoms. The average Bonchev–Trinajstić information content (AvgIpc) is 2.89. The summed E-state index contributed by atoms with van der Waals surface area (Å²) in [7, 11) is 0. The summed E-state index contributed by atoms with van der Waals surface area (Å²) in [5.74, 6) is 0.170. The number of carbonyl (C=O) groups excluding carboxylic acids is 1. The first-order chi connectivity index (χ1) is 12.5. The molecule has 1 aromatic heterocycles. The Morgan fingerprint density at radius 3 is 2.62 bits per heavy atom. The molecule has 1 aromatic carbocycles. The van der Waals surface area contributed by atoms with Gasteiger partial charge in [0, 0.05) is 41.8 Å². The first-order valence-electron chi connectivity index (χ1n) is 9.16. The molecule has 2 heterocycles. The molecule has 140 valence electrons. The lowest BCUT2D eigenvalue weighted by molar-refractivity contribution is -0.122. The van der Waals surface area contributed by atoms with Crippen molar-refractivity contribution < 1.29 is 4.79 Å². The second-order valence-electron chi connectivity index (χ2n) is 6.92. The monoisotopic (exact) mass is 372 g/mol. The number of hydrogen-bond acceptors (Lipinski definition) is 4. The Labute approximate surface area is 160 Å². The number of aromatic nitrogens is 2. The van der Waals surface area contributed by atoms with Crippen LogP contribution in [0.4, 0.5) is 5.69 Å². The van der Waals surface area contributed by atoms with Crippen molar-refractivity contribution in [1.82, 2.24) is 14.7 Å². The molecule has 0 saturated carbocycles. The number of nitrogens with zero attached hydrogens (tertiary/aromatic N) is 4. The Morgan fingerprint density at radius 1 is 1.27 bits per heavy atom. The third-order valence-electron chi connectivity index (χ3n) is 5.15. The van der Waals surface area contributed by atoms with Crippen LogP contribution >= 0.6 is 11.8 Å². The van der Waals surface area contributed by atoms with Gasteiger partial charge in [-0.2, -0.15) is 5.10 Å². The average molecular weight is 373 g/mol. The molecule has 1 aliphatic heterocycles. The van der Waals surface area contributed by atoms with E-state index in [9.17, 15) is 4.79 Å². The summed E-state index contributed by atoms with van der Waals surface area (Å²) < 4.78 is 2.04. The van der Waals surface area contributed by atoms with Gasteiger partial charge in [-0.1, -0.05) is 12.1 Å². The number of aryl methyl sites for hydroxylation is 2. The highest BCUT2D eigenvalue weighted by molar-refractivity contribution is 7.98. The van der Waals surface area contributed by atoms with E-state index in [4.69, 9.17) is 0 Å². The van der Waals surface area contributed by atoms with E-state index in [1.54, 1.807) is 11.8 Å². The number of para-hydroxylation sites is 1. The van der Waals surface area contributed by atoms with Crippen molar-refractivity contribution in [3.8, 4) is 0 Å². The third-order valence-corrected chi connectivity index (χ3v) is 5.93. The van der Waals surface area contributed by atoms with E-state index in [2.05, 4.69) is 56.1 Å². The fourth-order valence-electron chi connectivity index (χ4n) is 3.85. The maximum atomic E-state index is 13.0. The van der Waals surface area contributed by atoms with Crippen LogP contribution in [0.2, 0.25) is 0 Å². The standard InChI is InChI=1S/C20H28N4OS/c1-6-23-16(4)17(15(3)21-23)12-22-11-14(2)24(20(25)13-22)18-9-7-8-10-19(18)26-5/h7-10,14H,6,11-13H2,1-5H3. The van der Waals surface area contributed by atoms with Crippen molar-refractivity contribution in [2.24, 2.45) is 0 Å². The zero-order valence-electron chi connectivity index (χ0n) is 16.3. The predicted octanol–water partition coefficient (Wildman–Crippen LogP) is 3.48. The van der Waals surface area contributed by atoms with E-state index in [1.165, 1.54) is 11.3 Å². The van der Waals surface area contributed by atoms with Gasteiger partial charge in [0.05, 0.1) is 17.9 Å². The van der Waals surface area contributed by atoms with Gasteiger partial charge in [0.1, 0.15) is 0 Å². The van der Waals surface area contributed by atoms with Crippen LogP contribution in [-0.4, -0.2) is 46.0 Å². The fraction of sp³-hybridized carbons (Fsp3) is 0.500. The molecule has 1 unspecified atom stereocenters. The highest BCUT2D eigenvalue weighted by atomic mass is 32.2. The molecule has 3 rings (SSSR count). The minimum Gasteiger partial charge on any atom is -0.306 e. The number of amides is 1. The largest absolute Gasteiger partial charge is 0.306 e. The molecule has 0 N–H and O–H groups in total. The Hall–Kier alpha value is -1.79. The van der Waals surface area contributed by atoms with Gasteiger partial charge < -0.3 is 4.90 Å². The summed E-state index contributed by atoms with van der Waals surface area (Å²) in [6.45, 7) is 11.4. The van der Waals surface area contributed by atoms with Gasteiger partial charge in [0.25, 0.3) is 0 Å². The number of carbonyl (C=O) groups is 1. The van der Waals surface area contributed by atoms with Gasteiger partial charge in [0.15, 0.2) is 0 Å². The molecule has 1 saturated heterocycles. The molecular weight excluding hydrogens is 344 g/mol. The molecule has 0 aliphatic carbocycles.